The Labute approximate surface area is 196 Å². The van der Waals surface area contributed by atoms with E-state index in [9.17, 15) is 9.90 Å². The van der Waals surface area contributed by atoms with E-state index in [-0.39, 0.29) is 17.1 Å². The van der Waals surface area contributed by atoms with Gasteiger partial charge < -0.3 is 9.84 Å². The van der Waals surface area contributed by atoms with Gasteiger partial charge in [-0.1, -0.05) is 72.1 Å². The summed E-state index contributed by atoms with van der Waals surface area (Å²) in [5, 5.41) is 20.7. The van der Waals surface area contributed by atoms with E-state index in [0.29, 0.717) is 35.7 Å². The molecule has 6 heteroatoms. The molecule has 0 saturated carbocycles. The molecule has 0 fully saturated rings. The number of ether oxygens (including phenoxy) is 1. The summed E-state index contributed by atoms with van der Waals surface area (Å²) in [5.74, 6) is 0.764. The first-order valence-corrected chi connectivity index (χ1v) is 11.9. The molecule has 3 rings (SSSR count). The third-order valence-corrected chi connectivity index (χ3v) is 5.89. The number of benzene rings is 2. The van der Waals surface area contributed by atoms with Crippen molar-refractivity contribution < 1.29 is 14.6 Å². The Morgan fingerprint density at radius 3 is 2.58 bits per heavy atom. The lowest BCUT2D eigenvalue weighted by Crippen LogP contribution is -2.24. The number of carbonyl (C=O) groups is 1. The van der Waals surface area contributed by atoms with Crippen molar-refractivity contribution in [2.24, 2.45) is 16.1 Å². The monoisotopic (exact) mass is 450 g/mol. The van der Waals surface area contributed by atoms with Gasteiger partial charge in [-0.05, 0) is 47.4 Å². The van der Waals surface area contributed by atoms with Crippen molar-refractivity contribution in [1.29, 1.82) is 0 Å². The molecule has 1 aliphatic heterocycles. The number of esters is 1. The van der Waals surface area contributed by atoms with Crippen molar-refractivity contribution >= 4 is 5.97 Å². The molecule has 33 heavy (non-hydrogen) atoms. The minimum atomic E-state index is -0.269. The van der Waals surface area contributed by atoms with Crippen LogP contribution < -0.4 is 16.2 Å². The smallest absolute Gasteiger partial charge is 0.306 e. The fourth-order valence-electron chi connectivity index (χ4n) is 4.00. The molecule has 177 valence electrons. The first-order valence-electron chi connectivity index (χ1n) is 11.9. The number of phenols is 1. The Morgan fingerprint density at radius 1 is 1.06 bits per heavy atom. The minimum Gasteiger partial charge on any atom is -0.507 e. The number of hydrogen-bond acceptors (Lipinski definition) is 5. The molecule has 1 aliphatic rings. The molecule has 0 saturated heterocycles. The molecule has 0 unspecified atom stereocenters. The normalized spacial score (nSPS) is 12.7. The largest absolute Gasteiger partial charge is 0.507 e. The summed E-state index contributed by atoms with van der Waals surface area (Å²) in [4.78, 5) is 12.3. The van der Waals surface area contributed by atoms with Gasteiger partial charge in [0.2, 0.25) is 0 Å². The molecular weight excluding hydrogens is 414 g/mol. The van der Waals surface area contributed by atoms with Crippen molar-refractivity contribution in [3.8, 4) is 16.9 Å². The van der Waals surface area contributed by atoms with Crippen LogP contribution in [-0.2, 0) is 21.4 Å². The lowest BCUT2D eigenvalue weighted by atomic mass is 9.82. The highest BCUT2D eigenvalue weighted by Crippen LogP contribution is 2.38. The zero-order valence-corrected chi connectivity index (χ0v) is 20.5. The maximum atomic E-state index is 12.3. The highest BCUT2D eigenvalue weighted by molar-refractivity contribution is 5.74. The average molecular weight is 451 g/mol. The number of fused-ring (bicyclic) bond motifs is 1. The molecule has 1 N–H and O–H groups in total. The van der Waals surface area contributed by atoms with Gasteiger partial charge in [-0.3, -0.25) is 4.79 Å². The molecule has 2 aromatic rings. The molecule has 0 bridgehead atoms. The van der Waals surface area contributed by atoms with Gasteiger partial charge in [0.15, 0.2) is 0 Å². The van der Waals surface area contributed by atoms with Crippen molar-refractivity contribution in [3.63, 3.8) is 0 Å². The van der Waals surface area contributed by atoms with E-state index in [0.717, 1.165) is 35.4 Å². The number of aryl methyl sites for hydroxylation is 1. The SMILES string of the molecule is CC(C)CCCCCOC(=O)CCc1cc(-c2cccc3c2=N[N]N=3)c(O)c(C(C)(C)C)c1. The third-order valence-electron chi connectivity index (χ3n) is 5.89. The van der Waals surface area contributed by atoms with Crippen LogP contribution in [0.5, 0.6) is 5.75 Å². The molecule has 1 heterocycles. The number of phenolic OH excluding ortho intramolecular Hbond substituents is 1. The number of hydrogen-bond donors (Lipinski definition) is 1. The van der Waals surface area contributed by atoms with Crippen LogP contribution in [0, 0.1) is 5.92 Å². The van der Waals surface area contributed by atoms with Crippen LogP contribution >= 0.6 is 0 Å². The van der Waals surface area contributed by atoms with Crippen molar-refractivity contribution in [1.82, 2.24) is 5.53 Å². The molecule has 0 spiro atoms. The first kappa shape index (κ1) is 24.7. The summed E-state index contributed by atoms with van der Waals surface area (Å²) < 4.78 is 5.44. The zero-order chi connectivity index (χ0) is 24.0. The Balaban J connectivity index is 1.73. The zero-order valence-electron chi connectivity index (χ0n) is 20.5. The maximum absolute atomic E-state index is 12.3. The van der Waals surface area contributed by atoms with Gasteiger partial charge in [-0.2, -0.15) is 0 Å². The molecule has 0 amide bonds. The fraction of sp³-hybridized carbons (Fsp3) is 0.519. The van der Waals surface area contributed by atoms with Crippen LogP contribution in [0.25, 0.3) is 11.1 Å². The second-order valence-electron chi connectivity index (χ2n) is 10.2. The van der Waals surface area contributed by atoms with Gasteiger partial charge in [-0.25, -0.2) is 0 Å². The topological polar surface area (TPSA) is 85.4 Å². The van der Waals surface area contributed by atoms with Crippen molar-refractivity contribution in [3.05, 3.63) is 52.2 Å². The predicted octanol–water partition coefficient (Wildman–Crippen LogP) is 4.74. The van der Waals surface area contributed by atoms with Crippen molar-refractivity contribution in [2.45, 2.75) is 78.6 Å². The van der Waals surface area contributed by atoms with Gasteiger partial charge >= 0.3 is 5.97 Å². The number of rotatable bonds is 10. The van der Waals surface area contributed by atoms with Gasteiger partial charge in [0, 0.05) is 23.1 Å². The molecule has 0 atom stereocenters. The summed E-state index contributed by atoms with van der Waals surface area (Å²) in [6.07, 6.45) is 5.25. The van der Waals surface area contributed by atoms with E-state index < -0.39 is 0 Å². The van der Waals surface area contributed by atoms with Crippen LogP contribution in [0.4, 0.5) is 0 Å². The molecule has 6 nitrogen and oxygen atoms in total. The molecule has 2 aromatic carbocycles. The van der Waals surface area contributed by atoms with Crippen LogP contribution in [0.2, 0.25) is 0 Å². The summed E-state index contributed by atoms with van der Waals surface area (Å²) in [6.45, 7) is 11.1. The van der Waals surface area contributed by atoms with Crippen LogP contribution in [0.1, 0.15) is 77.8 Å². The van der Waals surface area contributed by atoms with Gasteiger partial charge in [0.1, 0.15) is 16.5 Å². The van der Waals surface area contributed by atoms with E-state index in [1.54, 1.807) is 0 Å². The van der Waals surface area contributed by atoms with Crippen LogP contribution in [-0.4, -0.2) is 17.7 Å². The number of carbonyl (C=O) groups excluding carboxylic acids is 1. The lowest BCUT2D eigenvalue weighted by molar-refractivity contribution is -0.143. The Hall–Kier alpha value is -2.89. The standard InChI is InChI=1S/C27H36N3O3/c1-18(2)10-7-6-8-15-33-24(31)14-13-19-16-21(26(32)22(17-19)27(3,4)5)20-11-9-12-23-25(20)29-30-28-23/h9,11-12,16-18,32H,6-8,10,13-15H2,1-5H3. The van der Waals surface area contributed by atoms with Gasteiger partial charge in [0.05, 0.1) is 6.61 Å². The quantitative estimate of drug-likeness (QED) is 0.419. The molecular formula is C27H36N3O3. The lowest BCUT2D eigenvalue weighted by Gasteiger charge is -2.23. The summed E-state index contributed by atoms with van der Waals surface area (Å²) in [6, 6.07) is 9.58. The molecule has 1 radical (unpaired) electrons. The van der Waals surface area contributed by atoms with E-state index in [4.69, 9.17) is 4.74 Å². The highest BCUT2D eigenvalue weighted by Gasteiger charge is 2.23. The van der Waals surface area contributed by atoms with Gasteiger partial charge in [-0.15, -0.1) is 10.2 Å². The predicted molar refractivity (Wildman–Crippen MR) is 129 cm³/mol. The van der Waals surface area contributed by atoms with E-state index >= 15 is 0 Å². The summed E-state index contributed by atoms with van der Waals surface area (Å²) in [5.41, 5.74) is 6.79. The number of aromatic hydroxyl groups is 1. The van der Waals surface area contributed by atoms with E-state index in [2.05, 4.69) is 50.4 Å². The van der Waals surface area contributed by atoms with Gasteiger partial charge in [0.25, 0.3) is 0 Å². The second kappa shape index (κ2) is 10.8. The average Bonchev–Trinajstić information content (AvgIpc) is 3.23. The van der Waals surface area contributed by atoms with Crippen molar-refractivity contribution in [2.75, 3.05) is 6.61 Å². The third kappa shape index (κ3) is 6.56. The number of unbranched alkanes of at least 4 members (excludes halogenated alkanes) is 2. The maximum Gasteiger partial charge on any atom is 0.306 e. The second-order valence-corrected chi connectivity index (χ2v) is 10.2. The van der Waals surface area contributed by atoms with E-state index in [1.165, 1.54) is 12.8 Å². The Morgan fingerprint density at radius 2 is 1.85 bits per heavy atom. The van der Waals surface area contributed by atoms with Crippen LogP contribution in [0.15, 0.2) is 40.5 Å². The fourth-order valence-corrected chi connectivity index (χ4v) is 4.00. The molecule has 0 aromatic heterocycles. The molecule has 0 aliphatic carbocycles. The Kier molecular flexibility index (Phi) is 8.11. The highest BCUT2D eigenvalue weighted by atomic mass is 16.5. The van der Waals surface area contributed by atoms with E-state index in [1.807, 2.05) is 30.3 Å². The summed E-state index contributed by atoms with van der Waals surface area (Å²) in [7, 11) is 0. The number of nitrogens with zero attached hydrogens (tertiary/aromatic N) is 3. The minimum absolute atomic E-state index is 0.181. The van der Waals surface area contributed by atoms with Crippen LogP contribution in [0.3, 0.4) is 0 Å². The Bertz CT molecular complexity index is 1100. The summed E-state index contributed by atoms with van der Waals surface area (Å²) >= 11 is 0. The first-order chi connectivity index (χ1) is 15.7.